The number of nitrogens with zero attached hydrogens (tertiary/aromatic N) is 3. The Labute approximate surface area is 278 Å². The van der Waals surface area contributed by atoms with Crippen molar-refractivity contribution in [2.24, 2.45) is 0 Å². The van der Waals surface area contributed by atoms with E-state index in [1.54, 1.807) is 12.1 Å². The van der Waals surface area contributed by atoms with Crippen LogP contribution in [-0.4, -0.2) is 14.4 Å². The summed E-state index contributed by atoms with van der Waals surface area (Å²) in [5.41, 5.74) is 7.29. The monoisotopic (exact) mass is 748 g/mol. The topological polar surface area (TPSA) is 30.2 Å². The predicted octanol–water partition coefficient (Wildman–Crippen LogP) is 10.0. The molecule has 4 aromatic heterocycles. The quantitative estimate of drug-likeness (QED) is 0.165. The Kier molecular flexibility index (Phi) is 5.59. The second-order valence-corrected chi connectivity index (χ2v) is 10.5. The fourth-order valence-corrected chi connectivity index (χ4v) is 5.95. The molecule has 0 saturated carbocycles. The zero-order valence-electron chi connectivity index (χ0n) is 29.3. The first-order chi connectivity index (χ1) is 23.6. The molecule has 5 aromatic carbocycles. The Morgan fingerprint density at radius 1 is 0.636 bits per heavy atom. The number of benzene rings is 5. The number of aromatic nitrogens is 3. The molecule has 9 aromatic rings. The standard InChI is InChI=1S/C27H15N2.C13H12N.Ir/c1-2-8-19-17(7-1)12-13-21-23-16-18(24-10-5-6-14-28-24)15-22-20-9-3-4-11-25(20)29(26(19)21)27(22)23;1-10-3-6-12(7-4-10)13-8-5-11(2)9-14-13;/h1-14,16H;3-6,8-9H,1-2H3;/q2*-1;/i;1D3,2D3;. The molecule has 0 N–H and O–H groups in total. The first kappa shape index (κ1) is 21.7. The van der Waals surface area contributed by atoms with E-state index in [0.29, 0.717) is 11.3 Å². The van der Waals surface area contributed by atoms with Crippen molar-refractivity contribution in [1.29, 1.82) is 0 Å². The minimum absolute atomic E-state index is 0. The van der Waals surface area contributed by atoms with Crippen LogP contribution in [0.25, 0.3) is 71.4 Å². The second-order valence-electron chi connectivity index (χ2n) is 10.5. The van der Waals surface area contributed by atoms with Crippen molar-refractivity contribution in [2.45, 2.75) is 13.7 Å². The largest absolute Gasteiger partial charge is 0.348 e. The predicted molar refractivity (Wildman–Crippen MR) is 179 cm³/mol. The summed E-state index contributed by atoms with van der Waals surface area (Å²) in [4.78, 5) is 8.66. The molecule has 4 heterocycles. The van der Waals surface area contributed by atoms with Crippen LogP contribution in [0.1, 0.15) is 19.4 Å². The third-order valence-corrected chi connectivity index (χ3v) is 7.89. The summed E-state index contributed by atoms with van der Waals surface area (Å²) < 4.78 is 46.1. The van der Waals surface area contributed by atoms with Crippen LogP contribution >= 0.6 is 0 Å². The minimum Gasteiger partial charge on any atom is -0.348 e. The van der Waals surface area contributed by atoms with Gasteiger partial charge in [-0.2, -0.15) is 0 Å². The van der Waals surface area contributed by atoms with Gasteiger partial charge < -0.3 is 9.38 Å². The van der Waals surface area contributed by atoms with Gasteiger partial charge in [-0.3, -0.25) is 4.98 Å². The van der Waals surface area contributed by atoms with Crippen LogP contribution in [0, 0.1) is 25.8 Å². The van der Waals surface area contributed by atoms with Crippen LogP contribution in [0.15, 0.2) is 128 Å². The smallest absolute Gasteiger partial charge is 0.0530 e. The zero-order chi connectivity index (χ0) is 33.9. The van der Waals surface area contributed by atoms with Crippen molar-refractivity contribution in [3.05, 3.63) is 151 Å². The van der Waals surface area contributed by atoms with E-state index in [9.17, 15) is 0 Å². The van der Waals surface area contributed by atoms with E-state index in [4.69, 9.17) is 8.22 Å². The third kappa shape index (κ3) is 4.64. The Morgan fingerprint density at radius 3 is 2.20 bits per heavy atom. The van der Waals surface area contributed by atoms with E-state index >= 15 is 0 Å². The Morgan fingerprint density at radius 2 is 1.43 bits per heavy atom. The van der Waals surface area contributed by atoms with Crippen LogP contribution in [0.2, 0.25) is 0 Å². The number of para-hydroxylation sites is 1. The summed E-state index contributed by atoms with van der Waals surface area (Å²) in [5.74, 6) is 0. The second kappa shape index (κ2) is 11.3. The fourth-order valence-electron chi connectivity index (χ4n) is 5.95. The van der Waals surface area contributed by atoms with E-state index < -0.39 is 13.7 Å². The normalized spacial score (nSPS) is 13.8. The zero-order valence-corrected chi connectivity index (χ0v) is 25.7. The summed E-state index contributed by atoms with van der Waals surface area (Å²) in [6, 6.07) is 44.2. The Bertz CT molecular complexity index is 2560. The van der Waals surface area contributed by atoms with Gasteiger partial charge >= 0.3 is 0 Å². The first-order valence-corrected chi connectivity index (χ1v) is 14.0. The van der Waals surface area contributed by atoms with Crippen LogP contribution in [-0.2, 0) is 20.1 Å². The van der Waals surface area contributed by atoms with Gasteiger partial charge in [-0.15, -0.1) is 47.5 Å². The van der Waals surface area contributed by atoms with Gasteiger partial charge in [0.25, 0.3) is 0 Å². The van der Waals surface area contributed by atoms with E-state index in [-0.39, 0.29) is 31.2 Å². The molecule has 213 valence electrons. The van der Waals surface area contributed by atoms with Gasteiger partial charge in [0.15, 0.2) is 0 Å². The van der Waals surface area contributed by atoms with Crippen molar-refractivity contribution in [3.8, 4) is 22.5 Å². The third-order valence-electron chi connectivity index (χ3n) is 7.89. The molecule has 0 saturated heterocycles. The van der Waals surface area contributed by atoms with Crippen molar-refractivity contribution in [3.63, 3.8) is 0 Å². The van der Waals surface area contributed by atoms with Crippen LogP contribution in [0.4, 0.5) is 0 Å². The van der Waals surface area contributed by atoms with Crippen LogP contribution in [0.5, 0.6) is 0 Å². The summed E-state index contributed by atoms with van der Waals surface area (Å²) >= 11 is 0. The SMILES string of the molecule is [2H]C([2H])([2H])c1c[c-]c(-c2ccc(C([2H])([2H])[2H])cn2)cc1.[Ir].[c-]1c(-c2ccccn2)cc2c3ccc4ccccc4c3n3c4ccccc4c1c23. The van der Waals surface area contributed by atoms with Crippen LogP contribution in [0.3, 0.4) is 0 Å². The molecule has 44 heavy (non-hydrogen) atoms. The summed E-state index contributed by atoms with van der Waals surface area (Å²) in [6.07, 6.45) is 3.14. The van der Waals surface area contributed by atoms with E-state index in [0.717, 1.165) is 11.3 Å². The average molecular weight is 748 g/mol. The van der Waals surface area contributed by atoms with Gasteiger partial charge in [0.05, 0.1) is 5.52 Å². The molecule has 0 spiro atoms. The molecule has 0 amide bonds. The number of hydrogen-bond donors (Lipinski definition) is 0. The molecule has 0 aliphatic heterocycles. The molecule has 0 aliphatic carbocycles. The summed E-state index contributed by atoms with van der Waals surface area (Å²) in [5, 5.41) is 7.48. The Balaban J connectivity index is 0.000000166. The molecule has 1 radical (unpaired) electrons. The van der Waals surface area contributed by atoms with Crippen LogP contribution < -0.4 is 0 Å². The number of aryl methyl sites for hydroxylation is 2. The van der Waals surface area contributed by atoms with Gasteiger partial charge in [-0.05, 0) is 46.5 Å². The molecule has 0 aliphatic rings. The van der Waals surface area contributed by atoms with Gasteiger partial charge in [0.2, 0.25) is 0 Å². The molecule has 0 atom stereocenters. The van der Waals surface area contributed by atoms with Crippen molar-refractivity contribution < 1.29 is 28.3 Å². The average Bonchev–Trinajstić information content (AvgIpc) is 3.63. The van der Waals surface area contributed by atoms with E-state index in [2.05, 4.69) is 99.3 Å². The van der Waals surface area contributed by atoms with E-state index in [1.807, 2.05) is 18.3 Å². The minimum atomic E-state index is -2.18. The maximum absolute atomic E-state index is 7.28. The van der Waals surface area contributed by atoms with Gasteiger partial charge in [0, 0.05) is 57.3 Å². The molecular formula is C40H27IrN3-2. The summed E-state index contributed by atoms with van der Waals surface area (Å²) in [7, 11) is 0. The van der Waals surface area contributed by atoms with Crippen molar-refractivity contribution in [1.82, 2.24) is 14.4 Å². The van der Waals surface area contributed by atoms with Gasteiger partial charge in [0.1, 0.15) is 0 Å². The van der Waals surface area contributed by atoms with Gasteiger partial charge in [-0.1, -0.05) is 107 Å². The first-order valence-electron chi connectivity index (χ1n) is 17.0. The van der Waals surface area contributed by atoms with E-state index in [1.165, 1.54) is 73.3 Å². The number of pyridine rings is 2. The number of fused-ring (bicyclic) bond motifs is 8. The fraction of sp³-hybridized carbons (Fsp3) is 0.0500. The molecular weight excluding hydrogens is 715 g/mol. The number of rotatable bonds is 2. The Hall–Kier alpha value is -4.89. The number of hydrogen-bond acceptors (Lipinski definition) is 2. The molecule has 0 unspecified atom stereocenters. The maximum Gasteiger partial charge on any atom is 0.0530 e. The van der Waals surface area contributed by atoms with Gasteiger partial charge in [-0.25, -0.2) is 0 Å². The molecule has 9 rings (SSSR count). The molecule has 3 nitrogen and oxygen atoms in total. The summed E-state index contributed by atoms with van der Waals surface area (Å²) in [6.45, 7) is -4.34. The molecule has 0 bridgehead atoms. The molecule has 4 heteroatoms. The van der Waals surface area contributed by atoms with Crippen molar-refractivity contribution in [2.75, 3.05) is 0 Å². The van der Waals surface area contributed by atoms with Crippen molar-refractivity contribution >= 4 is 48.9 Å². The maximum atomic E-state index is 7.28. The molecule has 0 fully saturated rings.